The summed E-state index contributed by atoms with van der Waals surface area (Å²) in [6.07, 6.45) is -0.757. The Bertz CT molecular complexity index is 842. The van der Waals surface area contributed by atoms with Gasteiger partial charge < -0.3 is 10.4 Å². The lowest BCUT2D eigenvalue weighted by Gasteiger charge is -2.15. The molecule has 0 radical (unpaired) electrons. The third kappa shape index (κ3) is 3.44. The molecule has 116 valence electrons. The predicted octanol–water partition coefficient (Wildman–Crippen LogP) is 4.07. The van der Waals surface area contributed by atoms with Gasteiger partial charge in [0.15, 0.2) is 0 Å². The Hall–Kier alpha value is -2.17. The molecule has 0 aliphatic heterocycles. The van der Waals surface area contributed by atoms with E-state index in [2.05, 4.69) is 21.2 Å². The van der Waals surface area contributed by atoms with Crippen LogP contribution in [0.4, 0.5) is 0 Å². The van der Waals surface area contributed by atoms with Crippen LogP contribution in [0.25, 0.3) is 10.8 Å². The van der Waals surface area contributed by atoms with E-state index in [9.17, 15) is 9.90 Å². The summed E-state index contributed by atoms with van der Waals surface area (Å²) in [6, 6.07) is 20.9. The number of nitrogens with one attached hydrogen (secondary N) is 1. The Morgan fingerprint density at radius 3 is 2.52 bits per heavy atom. The molecule has 4 heteroatoms. The number of aliphatic hydroxyl groups is 1. The second-order valence-corrected chi connectivity index (χ2v) is 6.13. The van der Waals surface area contributed by atoms with Crippen molar-refractivity contribution in [2.24, 2.45) is 0 Å². The van der Waals surface area contributed by atoms with Gasteiger partial charge in [-0.05, 0) is 44.4 Å². The van der Waals surface area contributed by atoms with Crippen LogP contribution in [0.5, 0.6) is 0 Å². The summed E-state index contributed by atoms with van der Waals surface area (Å²) in [5, 5.41) is 15.3. The summed E-state index contributed by atoms with van der Waals surface area (Å²) in [6.45, 7) is 0.161. The number of aliphatic hydroxyl groups excluding tert-OH is 1. The standard InChI is InChI=1S/C19H16BrNO2/c20-17-11-4-3-9-16(17)19(23)21-12-18(22)15-10-5-7-13-6-1-2-8-14(13)15/h1-11,18,22H,12H2,(H,21,23). The van der Waals surface area contributed by atoms with Crippen LogP contribution in [0.1, 0.15) is 22.0 Å². The van der Waals surface area contributed by atoms with Crippen LogP contribution in [0.2, 0.25) is 0 Å². The molecule has 0 heterocycles. The van der Waals surface area contributed by atoms with Gasteiger partial charge in [-0.15, -0.1) is 0 Å². The van der Waals surface area contributed by atoms with Gasteiger partial charge in [0.05, 0.1) is 11.7 Å². The quantitative estimate of drug-likeness (QED) is 0.728. The molecule has 1 amide bonds. The fraction of sp³-hybridized carbons (Fsp3) is 0.105. The van der Waals surface area contributed by atoms with Crippen molar-refractivity contribution in [1.29, 1.82) is 0 Å². The first-order valence-electron chi connectivity index (χ1n) is 7.35. The molecule has 0 aliphatic rings. The second kappa shape index (κ2) is 6.94. The molecule has 3 nitrogen and oxygen atoms in total. The lowest BCUT2D eigenvalue weighted by Crippen LogP contribution is -2.28. The van der Waals surface area contributed by atoms with Gasteiger partial charge in [0, 0.05) is 11.0 Å². The van der Waals surface area contributed by atoms with Crippen LogP contribution in [-0.4, -0.2) is 17.6 Å². The molecule has 0 bridgehead atoms. The molecule has 0 saturated carbocycles. The SMILES string of the molecule is O=C(NCC(O)c1cccc2ccccc12)c1ccccc1Br. The minimum Gasteiger partial charge on any atom is -0.387 e. The third-order valence-electron chi connectivity index (χ3n) is 3.76. The van der Waals surface area contributed by atoms with Crippen molar-refractivity contribution in [3.63, 3.8) is 0 Å². The summed E-state index contributed by atoms with van der Waals surface area (Å²) >= 11 is 3.36. The maximum Gasteiger partial charge on any atom is 0.252 e. The first-order chi connectivity index (χ1) is 11.2. The van der Waals surface area contributed by atoms with Crippen LogP contribution < -0.4 is 5.32 Å². The molecule has 3 rings (SSSR count). The maximum absolute atomic E-state index is 12.2. The summed E-state index contributed by atoms with van der Waals surface area (Å²) in [4.78, 5) is 12.2. The van der Waals surface area contributed by atoms with Crippen molar-refractivity contribution in [1.82, 2.24) is 5.32 Å². The molecule has 1 atom stereocenters. The molecule has 2 N–H and O–H groups in total. The molecule has 0 aromatic heterocycles. The highest BCUT2D eigenvalue weighted by Gasteiger charge is 2.14. The van der Waals surface area contributed by atoms with Gasteiger partial charge >= 0.3 is 0 Å². The first kappa shape index (κ1) is 15.7. The van der Waals surface area contributed by atoms with E-state index in [1.807, 2.05) is 54.6 Å². The molecule has 1 unspecified atom stereocenters. The molecule has 0 fully saturated rings. The Morgan fingerprint density at radius 2 is 1.70 bits per heavy atom. The zero-order valence-corrected chi connectivity index (χ0v) is 14.0. The molecule has 0 spiro atoms. The lowest BCUT2D eigenvalue weighted by atomic mass is 10.0. The highest BCUT2D eigenvalue weighted by molar-refractivity contribution is 9.10. The normalized spacial score (nSPS) is 12.1. The average Bonchev–Trinajstić information content (AvgIpc) is 2.59. The van der Waals surface area contributed by atoms with Gasteiger partial charge in [0.2, 0.25) is 0 Å². The molecule has 3 aromatic carbocycles. The highest BCUT2D eigenvalue weighted by Crippen LogP contribution is 2.24. The van der Waals surface area contributed by atoms with Gasteiger partial charge in [-0.25, -0.2) is 0 Å². The van der Waals surface area contributed by atoms with Crippen molar-refractivity contribution in [2.75, 3.05) is 6.54 Å². The number of rotatable bonds is 4. The number of halogens is 1. The van der Waals surface area contributed by atoms with E-state index < -0.39 is 6.10 Å². The Kier molecular flexibility index (Phi) is 4.74. The number of hydrogen-bond donors (Lipinski definition) is 2. The van der Waals surface area contributed by atoms with E-state index in [1.165, 1.54) is 0 Å². The summed E-state index contributed by atoms with van der Waals surface area (Å²) < 4.78 is 0.733. The molecular formula is C19H16BrNO2. The molecular weight excluding hydrogens is 354 g/mol. The number of benzene rings is 3. The Balaban J connectivity index is 1.75. The van der Waals surface area contributed by atoms with Gasteiger partial charge in [0.1, 0.15) is 0 Å². The first-order valence-corrected chi connectivity index (χ1v) is 8.14. The fourth-order valence-electron chi connectivity index (χ4n) is 2.58. The summed E-state index contributed by atoms with van der Waals surface area (Å²) in [7, 11) is 0. The Morgan fingerprint density at radius 1 is 1.00 bits per heavy atom. The second-order valence-electron chi connectivity index (χ2n) is 5.27. The van der Waals surface area contributed by atoms with Crippen molar-refractivity contribution in [3.05, 3.63) is 82.3 Å². The van der Waals surface area contributed by atoms with Gasteiger partial charge in [0.25, 0.3) is 5.91 Å². The third-order valence-corrected chi connectivity index (χ3v) is 4.45. The van der Waals surface area contributed by atoms with E-state index in [-0.39, 0.29) is 12.5 Å². The molecule has 23 heavy (non-hydrogen) atoms. The lowest BCUT2D eigenvalue weighted by molar-refractivity contribution is 0.0916. The fourth-order valence-corrected chi connectivity index (χ4v) is 3.05. The van der Waals surface area contributed by atoms with Crippen LogP contribution in [0.15, 0.2) is 71.2 Å². The summed E-state index contributed by atoms with van der Waals surface area (Å²) in [5.41, 5.74) is 1.37. The van der Waals surface area contributed by atoms with E-state index in [1.54, 1.807) is 12.1 Å². The maximum atomic E-state index is 12.2. The van der Waals surface area contributed by atoms with Crippen LogP contribution in [0.3, 0.4) is 0 Å². The van der Waals surface area contributed by atoms with E-state index in [4.69, 9.17) is 0 Å². The number of amides is 1. The van der Waals surface area contributed by atoms with Gasteiger partial charge in [-0.1, -0.05) is 54.6 Å². The van der Waals surface area contributed by atoms with Crippen LogP contribution in [0, 0.1) is 0 Å². The highest BCUT2D eigenvalue weighted by atomic mass is 79.9. The van der Waals surface area contributed by atoms with Crippen molar-refractivity contribution < 1.29 is 9.90 Å². The van der Waals surface area contributed by atoms with Crippen molar-refractivity contribution in [2.45, 2.75) is 6.10 Å². The van der Waals surface area contributed by atoms with Crippen molar-refractivity contribution in [3.8, 4) is 0 Å². The van der Waals surface area contributed by atoms with Crippen molar-refractivity contribution >= 4 is 32.6 Å². The topological polar surface area (TPSA) is 49.3 Å². The summed E-state index contributed by atoms with van der Waals surface area (Å²) in [5.74, 6) is -0.211. The monoisotopic (exact) mass is 369 g/mol. The molecule has 3 aromatic rings. The van der Waals surface area contributed by atoms with Gasteiger partial charge in [-0.3, -0.25) is 4.79 Å². The molecule has 0 aliphatic carbocycles. The number of carbonyl (C=O) groups is 1. The number of fused-ring (bicyclic) bond motifs is 1. The van der Waals surface area contributed by atoms with E-state index >= 15 is 0 Å². The minimum atomic E-state index is -0.757. The Labute approximate surface area is 143 Å². The van der Waals surface area contributed by atoms with E-state index in [0.717, 1.165) is 20.8 Å². The van der Waals surface area contributed by atoms with E-state index in [0.29, 0.717) is 5.56 Å². The number of carbonyl (C=O) groups excluding carboxylic acids is 1. The zero-order valence-electron chi connectivity index (χ0n) is 12.4. The number of hydrogen-bond acceptors (Lipinski definition) is 2. The van der Waals surface area contributed by atoms with Crippen LogP contribution >= 0.6 is 15.9 Å². The predicted molar refractivity (Wildman–Crippen MR) is 95.4 cm³/mol. The minimum absolute atomic E-state index is 0.161. The van der Waals surface area contributed by atoms with Crippen LogP contribution in [-0.2, 0) is 0 Å². The van der Waals surface area contributed by atoms with Gasteiger partial charge in [-0.2, -0.15) is 0 Å². The largest absolute Gasteiger partial charge is 0.387 e. The molecule has 0 saturated heterocycles. The zero-order chi connectivity index (χ0) is 16.2. The average molecular weight is 370 g/mol. The smallest absolute Gasteiger partial charge is 0.252 e.